The van der Waals surface area contributed by atoms with E-state index in [9.17, 15) is 9.90 Å². The number of aryl methyl sites for hydroxylation is 2. The number of hydrogen-bond donors (Lipinski definition) is 1. The van der Waals surface area contributed by atoms with Gasteiger partial charge in [0.1, 0.15) is 11.2 Å². The average molecular weight is 303 g/mol. The van der Waals surface area contributed by atoms with Gasteiger partial charge in [-0.25, -0.2) is 4.98 Å². The van der Waals surface area contributed by atoms with Crippen LogP contribution in [0.25, 0.3) is 0 Å². The Bertz CT molecular complexity index is 675. The molecule has 21 heavy (non-hydrogen) atoms. The molecule has 1 unspecified atom stereocenters. The van der Waals surface area contributed by atoms with Gasteiger partial charge in [-0.05, 0) is 19.9 Å². The van der Waals surface area contributed by atoms with Crippen molar-refractivity contribution in [2.24, 2.45) is 0 Å². The maximum atomic E-state index is 12.1. The van der Waals surface area contributed by atoms with Crippen LogP contribution in [0.3, 0.4) is 0 Å². The molecule has 2 heterocycles. The Labute approximate surface area is 127 Å². The minimum Gasteiger partial charge on any atom is -0.493 e. The van der Waals surface area contributed by atoms with Crippen LogP contribution in [-0.4, -0.2) is 22.7 Å². The summed E-state index contributed by atoms with van der Waals surface area (Å²) in [6.07, 6.45) is 0.888. The van der Waals surface area contributed by atoms with Gasteiger partial charge in [0, 0.05) is 23.3 Å². The van der Waals surface area contributed by atoms with Gasteiger partial charge < -0.3 is 9.84 Å². The molecule has 0 saturated heterocycles. The summed E-state index contributed by atoms with van der Waals surface area (Å²) in [4.78, 5) is 17.7. The van der Waals surface area contributed by atoms with Gasteiger partial charge in [0.15, 0.2) is 0 Å². The molecular weight excluding hydrogens is 286 g/mol. The molecule has 0 fully saturated rings. The molecule has 1 N–H and O–H groups in total. The summed E-state index contributed by atoms with van der Waals surface area (Å²) in [5.41, 5.74) is 0.802. The van der Waals surface area contributed by atoms with Crippen LogP contribution < -0.4 is 4.74 Å². The number of ether oxygens (including phenoxy) is 1. The summed E-state index contributed by atoms with van der Waals surface area (Å²) in [6.45, 7) is 4.40. The van der Waals surface area contributed by atoms with Crippen LogP contribution in [0.1, 0.15) is 27.6 Å². The predicted octanol–water partition coefficient (Wildman–Crippen LogP) is 3.11. The fourth-order valence-electron chi connectivity index (χ4n) is 2.81. The first-order valence-electron chi connectivity index (χ1n) is 6.91. The lowest BCUT2D eigenvalue weighted by Gasteiger charge is -2.34. The van der Waals surface area contributed by atoms with E-state index < -0.39 is 11.4 Å². The van der Waals surface area contributed by atoms with Crippen molar-refractivity contribution in [2.75, 3.05) is 6.61 Å². The van der Waals surface area contributed by atoms with Gasteiger partial charge in [0.2, 0.25) is 0 Å². The molecule has 0 aliphatic carbocycles. The van der Waals surface area contributed by atoms with Crippen LogP contribution in [0, 0.1) is 13.8 Å². The Kier molecular flexibility index (Phi) is 3.45. The van der Waals surface area contributed by atoms with E-state index in [1.165, 1.54) is 0 Å². The molecule has 0 spiro atoms. The molecule has 0 saturated carbocycles. The summed E-state index contributed by atoms with van der Waals surface area (Å²) in [7, 11) is 0. The van der Waals surface area contributed by atoms with Gasteiger partial charge in [-0.15, -0.1) is 11.3 Å². The van der Waals surface area contributed by atoms with Crippen LogP contribution in [0.4, 0.5) is 0 Å². The van der Waals surface area contributed by atoms with Crippen molar-refractivity contribution >= 4 is 17.3 Å². The molecule has 3 rings (SSSR count). The number of para-hydroxylation sites is 1. The maximum absolute atomic E-state index is 12.1. The van der Waals surface area contributed by atoms with E-state index in [-0.39, 0.29) is 0 Å². The van der Waals surface area contributed by atoms with Crippen molar-refractivity contribution in [3.8, 4) is 5.75 Å². The third-order valence-electron chi connectivity index (χ3n) is 4.12. The number of aliphatic carboxylic acids is 1. The normalized spacial score (nSPS) is 20.7. The smallest absolute Gasteiger partial charge is 0.314 e. The zero-order valence-corrected chi connectivity index (χ0v) is 12.9. The van der Waals surface area contributed by atoms with E-state index in [0.29, 0.717) is 25.2 Å². The Morgan fingerprint density at radius 2 is 2.19 bits per heavy atom. The molecule has 4 nitrogen and oxygen atoms in total. The number of hydrogen-bond acceptors (Lipinski definition) is 4. The van der Waals surface area contributed by atoms with Crippen LogP contribution in [0.5, 0.6) is 5.75 Å². The van der Waals surface area contributed by atoms with Crippen molar-refractivity contribution in [1.82, 2.24) is 4.98 Å². The lowest BCUT2D eigenvalue weighted by molar-refractivity contribution is -0.145. The van der Waals surface area contributed by atoms with Gasteiger partial charge >= 0.3 is 5.97 Å². The molecule has 1 aromatic heterocycles. The molecule has 0 bridgehead atoms. The molecule has 110 valence electrons. The second-order valence-corrected chi connectivity index (χ2v) is 6.70. The van der Waals surface area contributed by atoms with Crippen LogP contribution in [0.2, 0.25) is 0 Å². The third kappa shape index (κ3) is 2.31. The highest BCUT2D eigenvalue weighted by Gasteiger charge is 2.45. The molecular formula is C16H17NO3S. The number of thiazole rings is 1. The number of benzene rings is 1. The molecule has 1 aromatic carbocycles. The summed E-state index contributed by atoms with van der Waals surface area (Å²) < 4.78 is 5.62. The van der Waals surface area contributed by atoms with Crippen molar-refractivity contribution in [3.05, 3.63) is 45.4 Å². The highest BCUT2D eigenvalue weighted by atomic mass is 32.1. The first-order chi connectivity index (χ1) is 10.0. The van der Waals surface area contributed by atoms with E-state index >= 15 is 0 Å². The minimum absolute atomic E-state index is 0.419. The molecule has 1 atom stereocenters. The van der Waals surface area contributed by atoms with E-state index in [4.69, 9.17) is 4.74 Å². The summed E-state index contributed by atoms with van der Waals surface area (Å²) >= 11 is 1.58. The Hall–Kier alpha value is -1.88. The van der Waals surface area contributed by atoms with Crippen molar-refractivity contribution in [3.63, 3.8) is 0 Å². The second-order valence-electron chi connectivity index (χ2n) is 5.41. The first kappa shape index (κ1) is 14.1. The maximum Gasteiger partial charge on any atom is 0.314 e. The summed E-state index contributed by atoms with van der Waals surface area (Å²) in [5, 5.41) is 10.8. The van der Waals surface area contributed by atoms with Gasteiger partial charge in [-0.1, -0.05) is 18.2 Å². The van der Waals surface area contributed by atoms with E-state index in [0.717, 1.165) is 21.1 Å². The molecule has 1 aliphatic rings. The van der Waals surface area contributed by atoms with Crippen molar-refractivity contribution < 1.29 is 14.6 Å². The molecule has 0 amide bonds. The number of carboxylic acid groups (broad SMARTS) is 1. The predicted molar refractivity (Wildman–Crippen MR) is 81.2 cm³/mol. The van der Waals surface area contributed by atoms with Gasteiger partial charge in [0.05, 0.1) is 17.3 Å². The van der Waals surface area contributed by atoms with Gasteiger partial charge in [-0.3, -0.25) is 4.79 Å². The summed E-state index contributed by atoms with van der Waals surface area (Å²) in [6, 6.07) is 7.43. The van der Waals surface area contributed by atoms with E-state index in [2.05, 4.69) is 4.98 Å². The Morgan fingerprint density at radius 1 is 1.43 bits per heavy atom. The third-order valence-corrected chi connectivity index (χ3v) is 5.20. The number of aromatic nitrogens is 1. The number of carbonyl (C=O) groups is 1. The first-order valence-corrected chi connectivity index (χ1v) is 7.73. The quantitative estimate of drug-likeness (QED) is 0.946. The number of rotatable bonds is 3. The number of carboxylic acids is 1. The van der Waals surface area contributed by atoms with E-state index in [1.54, 1.807) is 11.3 Å². The molecule has 1 aliphatic heterocycles. The van der Waals surface area contributed by atoms with Gasteiger partial charge in [-0.2, -0.15) is 0 Å². The fraction of sp³-hybridized carbons (Fsp3) is 0.375. The second kappa shape index (κ2) is 5.15. The van der Waals surface area contributed by atoms with Gasteiger partial charge in [0.25, 0.3) is 0 Å². The Balaban J connectivity index is 2.07. The van der Waals surface area contributed by atoms with Crippen LogP contribution >= 0.6 is 11.3 Å². The van der Waals surface area contributed by atoms with Crippen molar-refractivity contribution in [1.29, 1.82) is 0 Å². The molecule has 5 heteroatoms. The van der Waals surface area contributed by atoms with Crippen LogP contribution in [-0.2, 0) is 16.6 Å². The van der Waals surface area contributed by atoms with Crippen LogP contribution in [0.15, 0.2) is 24.3 Å². The topological polar surface area (TPSA) is 59.4 Å². The summed E-state index contributed by atoms with van der Waals surface area (Å²) in [5.74, 6) is -0.125. The number of nitrogens with zero attached hydrogens (tertiary/aromatic N) is 1. The van der Waals surface area contributed by atoms with Crippen molar-refractivity contribution in [2.45, 2.75) is 32.1 Å². The lowest BCUT2D eigenvalue weighted by Crippen LogP contribution is -2.42. The molecule has 2 aromatic rings. The zero-order chi connectivity index (χ0) is 15.0. The average Bonchev–Trinajstić information content (AvgIpc) is 2.77. The monoisotopic (exact) mass is 303 g/mol. The molecule has 0 radical (unpaired) electrons. The fourth-order valence-corrected chi connectivity index (χ4v) is 3.86. The number of fused-ring (bicyclic) bond motifs is 1. The highest BCUT2D eigenvalue weighted by molar-refractivity contribution is 7.11. The zero-order valence-electron chi connectivity index (χ0n) is 12.0. The lowest BCUT2D eigenvalue weighted by atomic mass is 9.73. The SMILES string of the molecule is Cc1nc(CC2(C(=O)O)CCOc3ccccc32)sc1C. The van der Waals surface area contributed by atoms with E-state index in [1.807, 2.05) is 38.1 Å². The standard InChI is InChI=1S/C16H17NO3S/c1-10-11(2)21-14(17-10)9-16(15(18)19)7-8-20-13-6-4-3-5-12(13)16/h3-6H,7-9H2,1-2H3,(H,18,19). The Morgan fingerprint density at radius 3 is 2.86 bits per heavy atom. The highest BCUT2D eigenvalue weighted by Crippen LogP contribution is 2.42. The largest absolute Gasteiger partial charge is 0.493 e. The minimum atomic E-state index is -0.939.